The minimum atomic E-state index is 0.100. The van der Waals surface area contributed by atoms with Gasteiger partial charge in [-0.1, -0.05) is 30.3 Å². The van der Waals surface area contributed by atoms with Crippen molar-refractivity contribution in [3.8, 4) is 11.1 Å². The second-order valence-corrected chi connectivity index (χ2v) is 6.09. The Hall–Kier alpha value is -2.20. The molecule has 0 spiro atoms. The summed E-state index contributed by atoms with van der Waals surface area (Å²) in [6.07, 6.45) is 12.7. The van der Waals surface area contributed by atoms with Crippen LogP contribution in [0, 0.1) is 0 Å². The van der Waals surface area contributed by atoms with Crippen molar-refractivity contribution in [1.82, 2.24) is 9.78 Å². The van der Waals surface area contributed by atoms with Gasteiger partial charge in [0.15, 0.2) is 0 Å². The molecular weight excluding hydrogens is 286 g/mol. The highest BCUT2D eigenvalue weighted by molar-refractivity contribution is 5.82. The van der Waals surface area contributed by atoms with Crippen molar-refractivity contribution in [3.05, 3.63) is 48.3 Å². The quantitative estimate of drug-likeness (QED) is 0.856. The second kappa shape index (κ2) is 6.50. The van der Waals surface area contributed by atoms with Crippen molar-refractivity contribution >= 4 is 11.8 Å². The molecule has 1 fully saturated rings. The predicted molar refractivity (Wildman–Crippen MR) is 92.5 cm³/mol. The molecule has 1 aromatic carbocycles. The molecule has 1 aromatic heterocycles. The van der Waals surface area contributed by atoms with E-state index in [-0.39, 0.29) is 6.23 Å². The Morgan fingerprint density at radius 1 is 1.04 bits per heavy atom. The van der Waals surface area contributed by atoms with Gasteiger partial charge in [-0.3, -0.25) is 4.99 Å². The lowest BCUT2D eigenvalue weighted by Gasteiger charge is -2.22. The van der Waals surface area contributed by atoms with Crippen molar-refractivity contribution in [2.24, 2.45) is 4.99 Å². The summed E-state index contributed by atoms with van der Waals surface area (Å²) < 4.78 is 7.75. The minimum absolute atomic E-state index is 0.100. The molecule has 2 aliphatic heterocycles. The van der Waals surface area contributed by atoms with Crippen LogP contribution in [0.4, 0.5) is 0 Å². The van der Waals surface area contributed by atoms with Crippen LogP contribution in [0.1, 0.15) is 37.5 Å². The largest absolute Gasteiger partial charge is 0.357 e. The normalized spacial score (nSPS) is 21.2. The molecule has 1 saturated heterocycles. The molecule has 0 radical (unpaired) electrons. The first-order valence-electron chi connectivity index (χ1n) is 8.34. The van der Waals surface area contributed by atoms with Gasteiger partial charge >= 0.3 is 0 Å². The molecule has 0 amide bonds. The van der Waals surface area contributed by atoms with Crippen molar-refractivity contribution in [2.75, 3.05) is 13.2 Å². The second-order valence-electron chi connectivity index (χ2n) is 6.09. The van der Waals surface area contributed by atoms with Crippen LogP contribution in [-0.2, 0) is 4.74 Å². The van der Waals surface area contributed by atoms with E-state index in [0.717, 1.165) is 38.0 Å². The molecule has 2 aromatic rings. The molecule has 4 rings (SSSR count). The van der Waals surface area contributed by atoms with E-state index in [1.54, 1.807) is 0 Å². The highest BCUT2D eigenvalue weighted by Crippen LogP contribution is 2.27. The van der Waals surface area contributed by atoms with Gasteiger partial charge in [0.1, 0.15) is 6.23 Å². The third-order valence-electron chi connectivity index (χ3n) is 4.52. The maximum Gasteiger partial charge on any atom is 0.150 e. The first-order chi connectivity index (χ1) is 11.4. The Morgan fingerprint density at radius 2 is 1.91 bits per heavy atom. The number of hydrogen-bond acceptors (Lipinski definition) is 3. The molecule has 4 nitrogen and oxygen atoms in total. The Morgan fingerprint density at radius 3 is 2.65 bits per heavy atom. The van der Waals surface area contributed by atoms with E-state index in [0.29, 0.717) is 0 Å². The molecule has 1 atom stereocenters. The fraction of sp³-hybridized carbons (Fsp3) is 0.368. The highest BCUT2D eigenvalue weighted by atomic mass is 16.5. The molecule has 0 aliphatic carbocycles. The van der Waals surface area contributed by atoms with E-state index in [2.05, 4.69) is 46.6 Å². The fourth-order valence-electron chi connectivity index (χ4n) is 3.17. The van der Waals surface area contributed by atoms with Crippen LogP contribution in [0.3, 0.4) is 0 Å². The van der Waals surface area contributed by atoms with Crippen molar-refractivity contribution < 1.29 is 4.74 Å². The number of hydrogen-bond donors (Lipinski definition) is 0. The average molecular weight is 307 g/mol. The molecule has 2 aliphatic rings. The van der Waals surface area contributed by atoms with Gasteiger partial charge in [-0.05, 0) is 36.0 Å². The van der Waals surface area contributed by atoms with Crippen LogP contribution in [0.25, 0.3) is 16.7 Å². The zero-order valence-electron chi connectivity index (χ0n) is 13.2. The zero-order valence-corrected chi connectivity index (χ0v) is 13.2. The van der Waals surface area contributed by atoms with Gasteiger partial charge in [0.25, 0.3) is 0 Å². The van der Waals surface area contributed by atoms with E-state index in [4.69, 9.17) is 4.74 Å². The van der Waals surface area contributed by atoms with E-state index in [9.17, 15) is 0 Å². The standard InChI is InChI=1S/C19H21N3O/c1-2-12-23-19(3-1)22-14-18(13-21-22)16-6-4-15(5-7-16)17-8-10-20-11-9-17/h4-8,11,13-14,19H,1-3,9-10,12H2. The number of benzene rings is 1. The summed E-state index contributed by atoms with van der Waals surface area (Å²) in [6.45, 7) is 1.64. The molecule has 1 unspecified atom stereocenters. The number of dihydropyridines is 1. The van der Waals surface area contributed by atoms with Gasteiger partial charge in [-0.25, -0.2) is 4.68 Å². The topological polar surface area (TPSA) is 39.4 Å². The lowest BCUT2D eigenvalue weighted by Crippen LogP contribution is -2.18. The summed E-state index contributed by atoms with van der Waals surface area (Å²) in [6, 6.07) is 8.72. The van der Waals surface area contributed by atoms with Crippen LogP contribution in [-0.4, -0.2) is 29.1 Å². The summed E-state index contributed by atoms with van der Waals surface area (Å²) in [4.78, 5) is 4.24. The third kappa shape index (κ3) is 3.13. The molecule has 23 heavy (non-hydrogen) atoms. The van der Waals surface area contributed by atoms with Crippen LogP contribution in [0.5, 0.6) is 0 Å². The van der Waals surface area contributed by atoms with Crippen LogP contribution >= 0.6 is 0 Å². The molecule has 0 saturated carbocycles. The Balaban J connectivity index is 1.52. The third-order valence-corrected chi connectivity index (χ3v) is 4.52. The monoisotopic (exact) mass is 307 g/mol. The molecule has 118 valence electrons. The Bertz CT molecular complexity index is 721. The number of allylic oxidation sites excluding steroid dienone is 1. The zero-order chi connectivity index (χ0) is 15.5. The fourth-order valence-corrected chi connectivity index (χ4v) is 3.17. The lowest BCUT2D eigenvalue weighted by atomic mass is 9.99. The van der Waals surface area contributed by atoms with E-state index < -0.39 is 0 Å². The number of nitrogens with zero attached hydrogens (tertiary/aromatic N) is 3. The van der Waals surface area contributed by atoms with E-state index in [1.807, 2.05) is 17.1 Å². The number of aromatic nitrogens is 2. The van der Waals surface area contributed by atoms with Crippen molar-refractivity contribution in [2.45, 2.75) is 31.9 Å². The molecule has 3 heterocycles. The maximum atomic E-state index is 5.79. The average Bonchev–Trinajstić information content (AvgIpc) is 3.14. The Kier molecular flexibility index (Phi) is 4.07. The lowest BCUT2D eigenvalue weighted by molar-refractivity contribution is -0.0394. The summed E-state index contributed by atoms with van der Waals surface area (Å²) in [7, 11) is 0. The number of ether oxygens (including phenoxy) is 1. The molecular formula is C19H21N3O. The Labute approximate surface area is 136 Å². The van der Waals surface area contributed by atoms with Gasteiger partial charge in [-0.2, -0.15) is 5.10 Å². The summed E-state index contributed by atoms with van der Waals surface area (Å²) in [5.74, 6) is 0. The van der Waals surface area contributed by atoms with E-state index >= 15 is 0 Å². The van der Waals surface area contributed by atoms with Gasteiger partial charge in [-0.15, -0.1) is 0 Å². The van der Waals surface area contributed by atoms with Crippen LogP contribution in [0.15, 0.2) is 47.7 Å². The number of aliphatic imine (C=N–C) groups is 1. The van der Waals surface area contributed by atoms with Gasteiger partial charge < -0.3 is 4.74 Å². The predicted octanol–water partition coefficient (Wildman–Crippen LogP) is 4.11. The minimum Gasteiger partial charge on any atom is -0.357 e. The molecule has 0 N–H and O–H groups in total. The van der Waals surface area contributed by atoms with E-state index in [1.165, 1.54) is 23.1 Å². The van der Waals surface area contributed by atoms with Gasteiger partial charge in [0.2, 0.25) is 0 Å². The van der Waals surface area contributed by atoms with Gasteiger partial charge in [0, 0.05) is 31.0 Å². The van der Waals surface area contributed by atoms with Crippen molar-refractivity contribution in [1.29, 1.82) is 0 Å². The first-order valence-corrected chi connectivity index (χ1v) is 8.34. The summed E-state index contributed by atoms with van der Waals surface area (Å²) in [5.41, 5.74) is 4.98. The van der Waals surface area contributed by atoms with Crippen LogP contribution < -0.4 is 0 Å². The maximum absolute atomic E-state index is 5.79. The molecule has 4 heteroatoms. The van der Waals surface area contributed by atoms with Gasteiger partial charge in [0.05, 0.1) is 12.7 Å². The first kappa shape index (κ1) is 14.4. The summed E-state index contributed by atoms with van der Waals surface area (Å²) >= 11 is 0. The summed E-state index contributed by atoms with van der Waals surface area (Å²) in [5, 5.41) is 4.49. The highest BCUT2D eigenvalue weighted by Gasteiger charge is 2.16. The van der Waals surface area contributed by atoms with Crippen molar-refractivity contribution in [3.63, 3.8) is 0 Å². The number of rotatable bonds is 3. The molecule has 0 bridgehead atoms. The SMILES string of the molecule is C1=NCC=C(c2ccc(-c3cnn(C4CCCCO4)c3)cc2)C1. The van der Waals surface area contributed by atoms with Crippen LogP contribution in [0.2, 0.25) is 0 Å². The smallest absolute Gasteiger partial charge is 0.150 e.